The van der Waals surface area contributed by atoms with Crippen molar-refractivity contribution in [3.05, 3.63) is 29.1 Å². The molecule has 0 aliphatic carbocycles. The lowest BCUT2D eigenvalue weighted by Gasteiger charge is -2.03. The predicted octanol–water partition coefficient (Wildman–Crippen LogP) is 2.38. The molecule has 0 radical (unpaired) electrons. The highest BCUT2D eigenvalue weighted by Gasteiger charge is 2.15. The molecule has 102 valence electrons. The highest BCUT2D eigenvalue weighted by atomic mass is 32.1. The van der Waals surface area contributed by atoms with Crippen LogP contribution < -0.4 is 11.1 Å². The monoisotopic (exact) mass is 278 g/mol. The van der Waals surface area contributed by atoms with Gasteiger partial charge in [-0.1, -0.05) is 18.2 Å². The van der Waals surface area contributed by atoms with Gasteiger partial charge in [0.15, 0.2) is 0 Å². The van der Waals surface area contributed by atoms with Crippen LogP contribution in [0.4, 0.5) is 5.69 Å². The fraction of sp³-hybridized carbons (Fsp3) is 0.357. The molecule has 2 rings (SSSR count). The number of nitrogen functional groups attached to an aromatic ring is 1. The molecule has 0 saturated carbocycles. The van der Waals surface area contributed by atoms with Gasteiger partial charge in [-0.25, -0.2) is 0 Å². The summed E-state index contributed by atoms with van der Waals surface area (Å²) in [7, 11) is 0. The first-order chi connectivity index (χ1) is 9.24. The topological polar surface area (TPSA) is 75.4 Å². The number of nitrogens with one attached hydrogen (secondary N) is 1. The standard InChI is InChI=1S/C14H18N2O2S/c15-12-10-6-2-3-7-11(10)19-13(12)14(18)16-8-4-1-5-9-17/h2-3,6-7,17H,1,4-5,8-9,15H2,(H,16,18). The average Bonchev–Trinajstić information content (AvgIpc) is 2.76. The number of thiophene rings is 1. The summed E-state index contributed by atoms with van der Waals surface area (Å²) in [6.45, 7) is 0.823. The number of rotatable bonds is 6. The fourth-order valence-corrected chi connectivity index (χ4v) is 2.97. The van der Waals surface area contributed by atoms with Gasteiger partial charge in [0, 0.05) is 23.2 Å². The van der Waals surface area contributed by atoms with Crippen molar-refractivity contribution in [2.24, 2.45) is 0 Å². The highest BCUT2D eigenvalue weighted by molar-refractivity contribution is 7.21. The first-order valence-electron chi connectivity index (χ1n) is 6.40. The molecule has 0 aliphatic rings. The zero-order valence-electron chi connectivity index (χ0n) is 10.7. The Balaban J connectivity index is 1.99. The Morgan fingerprint density at radius 1 is 1.26 bits per heavy atom. The lowest BCUT2D eigenvalue weighted by molar-refractivity contribution is 0.0958. The fourth-order valence-electron chi connectivity index (χ4n) is 1.93. The Kier molecular flexibility index (Phi) is 4.76. The van der Waals surface area contributed by atoms with Crippen LogP contribution in [0, 0.1) is 0 Å². The lowest BCUT2D eigenvalue weighted by Crippen LogP contribution is -2.24. The summed E-state index contributed by atoms with van der Waals surface area (Å²) in [5.41, 5.74) is 6.57. The maximum atomic E-state index is 12.0. The Morgan fingerprint density at radius 3 is 2.79 bits per heavy atom. The number of nitrogens with two attached hydrogens (primary N) is 1. The molecule has 0 atom stereocenters. The van der Waals surface area contributed by atoms with Gasteiger partial charge in [0.2, 0.25) is 0 Å². The zero-order valence-corrected chi connectivity index (χ0v) is 11.5. The minimum absolute atomic E-state index is 0.109. The number of aliphatic hydroxyl groups is 1. The Hall–Kier alpha value is -1.59. The molecule has 1 aromatic heterocycles. The van der Waals surface area contributed by atoms with Crippen LogP contribution in [-0.4, -0.2) is 24.2 Å². The van der Waals surface area contributed by atoms with E-state index in [1.54, 1.807) is 0 Å². The van der Waals surface area contributed by atoms with Gasteiger partial charge in [-0.2, -0.15) is 0 Å². The molecule has 4 nitrogen and oxygen atoms in total. The van der Waals surface area contributed by atoms with Crippen LogP contribution in [0.2, 0.25) is 0 Å². The van der Waals surface area contributed by atoms with E-state index in [-0.39, 0.29) is 12.5 Å². The normalized spacial score (nSPS) is 10.8. The molecule has 0 fully saturated rings. The van der Waals surface area contributed by atoms with Gasteiger partial charge in [-0.05, 0) is 25.3 Å². The third-order valence-electron chi connectivity index (χ3n) is 2.96. The second kappa shape index (κ2) is 6.54. The van der Waals surface area contributed by atoms with E-state index >= 15 is 0 Å². The summed E-state index contributed by atoms with van der Waals surface area (Å²) in [5.74, 6) is -0.109. The van der Waals surface area contributed by atoms with Gasteiger partial charge in [0.25, 0.3) is 5.91 Å². The SMILES string of the molecule is Nc1c(C(=O)NCCCCCO)sc2ccccc12. The number of unbranched alkanes of at least 4 members (excludes halogenated alkanes) is 2. The van der Waals surface area contributed by atoms with E-state index < -0.39 is 0 Å². The molecule has 19 heavy (non-hydrogen) atoms. The average molecular weight is 278 g/mol. The highest BCUT2D eigenvalue weighted by Crippen LogP contribution is 2.33. The molecule has 4 N–H and O–H groups in total. The van der Waals surface area contributed by atoms with Crippen molar-refractivity contribution >= 4 is 33.0 Å². The molecule has 1 heterocycles. The Labute approximate surface area is 116 Å². The number of carbonyl (C=O) groups excluding carboxylic acids is 1. The van der Waals surface area contributed by atoms with Crippen molar-refractivity contribution in [3.63, 3.8) is 0 Å². The van der Waals surface area contributed by atoms with Crippen LogP contribution in [-0.2, 0) is 0 Å². The molecule has 0 saturated heterocycles. The summed E-state index contributed by atoms with van der Waals surface area (Å²) >= 11 is 1.42. The molecule has 5 heteroatoms. The predicted molar refractivity (Wildman–Crippen MR) is 79.5 cm³/mol. The molecular weight excluding hydrogens is 260 g/mol. The molecule has 1 amide bonds. The molecule has 0 aliphatic heterocycles. The first kappa shape index (κ1) is 13.8. The zero-order chi connectivity index (χ0) is 13.7. The van der Waals surface area contributed by atoms with Gasteiger partial charge in [0.05, 0.1) is 5.69 Å². The Bertz CT molecular complexity index is 566. The van der Waals surface area contributed by atoms with Crippen molar-refractivity contribution < 1.29 is 9.90 Å². The first-order valence-corrected chi connectivity index (χ1v) is 7.21. The van der Waals surface area contributed by atoms with E-state index in [9.17, 15) is 4.79 Å². The van der Waals surface area contributed by atoms with Gasteiger partial charge in [-0.15, -0.1) is 11.3 Å². The van der Waals surface area contributed by atoms with E-state index in [4.69, 9.17) is 10.8 Å². The number of hydrogen-bond acceptors (Lipinski definition) is 4. The van der Waals surface area contributed by atoms with Crippen molar-refractivity contribution in [2.45, 2.75) is 19.3 Å². The maximum absolute atomic E-state index is 12.0. The van der Waals surface area contributed by atoms with E-state index in [1.807, 2.05) is 24.3 Å². The van der Waals surface area contributed by atoms with Gasteiger partial charge < -0.3 is 16.2 Å². The van der Waals surface area contributed by atoms with Crippen LogP contribution in [0.1, 0.15) is 28.9 Å². The van der Waals surface area contributed by atoms with E-state index in [0.717, 1.165) is 29.3 Å². The molecule has 0 bridgehead atoms. The van der Waals surface area contributed by atoms with Crippen molar-refractivity contribution in [2.75, 3.05) is 18.9 Å². The minimum Gasteiger partial charge on any atom is -0.397 e. The third kappa shape index (κ3) is 3.24. The molecule has 1 aromatic carbocycles. The summed E-state index contributed by atoms with van der Waals surface area (Å²) in [6.07, 6.45) is 2.57. The largest absolute Gasteiger partial charge is 0.397 e. The van der Waals surface area contributed by atoms with Gasteiger partial charge in [0.1, 0.15) is 4.88 Å². The Morgan fingerprint density at radius 2 is 2.05 bits per heavy atom. The smallest absolute Gasteiger partial charge is 0.263 e. The van der Waals surface area contributed by atoms with Crippen LogP contribution >= 0.6 is 11.3 Å². The second-order valence-corrected chi connectivity index (χ2v) is 5.43. The van der Waals surface area contributed by atoms with Crippen molar-refractivity contribution in [1.29, 1.82) is 0 Å². The van der Waals surface area contributed by atoms with Gasteiger partial charge in [-0.3, -0.25) is 4.79 Å². The van der Waals surface area contributed by atoms with Gasteiger partial charge >= 0.3 is 0 Å². The number of carbonyl (C=O) groups is 1. The lowest BCUT2D eigenvalue weighted by atomic mass is 10.2. The number of amides is 1. The molecular formula is C14H18N2O2S. The van der Waals surface area contributed by atoms with Crippen LogP contribution in [0.15, 0.2) is 24.3 Å². The molecule has 0 unspecified atom stereocenters. The van der Waals surface area contributed by atoms with E-state index in [2.05, 4.69) is 5.32 Å². The molecule has 0 spiro atoms. The third-order valence-corrected chi connectivity index (χ3v) is 4.15. The number of benzene rings is 1. The number of anilines is 1. The number of hydrogen-bond donors (Lipinski definition) is 3. The van der Waals surface area contributed by atoms with E-state index in [0.29, 0.717) is 17.1 Å². The minimum atomic E-state index is -0.109. The summed E-state index contributed by atoms with van der Waals surface area (Å²) < 4.78 is 1.03. The van der Waals surface area contributed by atoms with Crippen LogP contribution in [0.25, 0.3) is 10.1 Å². The summed E-state index contributed by atoms with van der Waals surface area (Å²) in [4.78, 5) is 12.6. The quantitative estimate of drug-likeness (QED) is 0.710. The summed E-state index contributed by atoms with van der Waals surface area (Å²) in [6, 6.07) is 7.75. The van der Waals surface area contributed by atoms with Crippen LogP contribution in [0.5, 0.6) is 0 Å². The van der Waals surface area contributed by atoms with E-state index in [1.165, 1.54) is 11.3 Å². The maximum Gasteiger partial charge on any atom is 0.263 e. The number of fused-ring (bicyclic) bond motifs is 1. The number of aliphatic hydroxyl groups excluding tert-OH is 1. The summed E-state index contributed by atoms with van der Waals surface area (Å²) in [5, 5.41) is 12.5. The second-order valence-electron chi connectivity index (χ2n) is 4.38. The van der Waals surface area contributed by atoms with Crippen molar-refractivity contribution in [3.8, 4) is 0 Å². The molecule has 2 aromatic rings. The van der Waals surface area contributed by atoms with Crippen LogP contribution in [0.3, 0.4) is 0 Å². The van der Waals surface area contributed by atoms with Crippen molar-refractivity contribution in [1.82, 2.24) is 5.32 Å².